The third-order valence-corrected chi connectivity index (χ3v) is 8.52. The summed E-state index contributed by atoms with van der Waals surface area (Å²) in [7, 11) is -0.710. The van der Waals surface area contributed by atoms with Gasteiger partial charge in [-0.25, -0.2) is 13.9 Å². The van der Waals surface area contributed by atoms with Gasteiger partial charge in [0.05, 0.1) is 11.5 Å². The highest BCUT2D eigenvalue weighted by Gasteiger charge is 2.27. The maximum atomic E-state index is 13.1. The lowest BCUT2D eigenvalue weighted by Gasteiger charge is -2.22. The summed E-state index contributed by atoms with van der Waals surface area (Å²) in [5.41, 5.74) is 6.19. The van der Waals surface area contributed by atoms with Gasteiger partial charge < -0.3 is 9.64 Å². The number of benzene rings is 3. The number of carbonyl (C=O) groups is 2. The second kappa shape index (κ2) is 16.0. The lowest BCUT2D eigenvalue weighted by molar-refractivity contribution is -0.134. The zero-order valence-corrected chi connectivity index (χ0v) is 26.5. The van der Waals surface area contributed by atoms with Gasteiger partial charge in [0.15, 0.2) is 0 Å². The fourth-order valence-corrected chi connectivity index (χ4v) is 5.71. The molecule has 9 nitrogen and oxygen atoms in total. The van der Waals surface area contributed by atoms with E-state index in [1.54, 1.807) is 32.3 Å². The van der Waals surface area contributed by atoms with Crippen LogP contribution in [0.3, 0.4) is 0 Å². The molecule has 0 bridgehead atoms. The Morgan fingerprint density at radius 2 is 1.60 bits per heavy atom. The molecule has 0 heterocycles. The Labute approximate surface area is 265 Å². The number of nitrogens with one attached hydrogen (secondary N) is 2. The van der Waals surface area contributed by atoms with Crippen LogP contribution in [0.2, 0.25) is 0 Å². The van der Waals surface area contributed by atoms with Crippen molar-refractivity contribution < 1.29 is 27.6 Å². The maximum absolute atomic E-state index is 13.1. The summed E-state index contributed by atoms with van der Waals surface area (Å²) in [5, 5.41) is 0. The Kier molecular flexibility index (Phi) is 11.9. The number of nitrogens with zero attached hydrogens (tertiary/aromatic N) is 1. The molecular formula is C35H39N3O6S. The topological polar surface area (TPSA) is 114 Å². The Morgan fingerprint density at radius 1 is 0.889 bits per heavy atom. The molecule has 3 aromatic rings. The van der Waals surface area contributed by atoms with Crippen LogP contribution in [0.15, 0.2) is 119 Å². The summed E-state index contributed by atoms with van der Waals surface area (Å²) in [4.78, 5) is 31.9. The van der Waals surface area contributed by atoms with Crippen molar-refractivity contribution in [1.82, 2.24) is 15.1 Å². The molecule has 0 spiro atoms. The minimum Gasteiger partial charge on any atom is -0.458 e. The standard InChI is InChI=1S/C35H39N3O6S/c1-26-12-21-32(22-13-26)45(41,42)37-33(35(40)38(2)3)24-28-10-7-11-30(20-16-28)44-31-18-14-27(15-19-31)17-23-34(39)36-43-25-29-8-5-4-6-9-29/h4-6,8-16,18-22,33,37H,7,17,23-25H2,1-3H3,(H,36,39). The van der Waals surface area contributed by atoms with Crippen LogP contribution in [-0.2, 0) is 37.5 Å². The average Bonchev–Trinajstić information content (AvgIpc) is 3.25. The maximum Gasteiger partial charge on any atom is 0.243 e. The van der Waals surface area contributed by atoms with Crippen LogP contribution in [0, 0.1) is 6.92 Å². The molecule has 0 radical (unpaired) electrons. The number of carbonyl (C=O) groups excluding carboxylic acids is 2. The van der Waals surface area contributed by atoms with Gasteiger partial charge in [0.1, 0.15) is 17.6 Å². The van der Waals surface area contributed by atoms with Gasteiger partial charge in [-0.05, 0) is 79.3 Å². The second-order valence-electron chi connectivity index (χ2n) is 10.9. The number of rotatable bonds is 14. The van der Waals surface area contributed by atoms with Crippen molar-refractivity contribution in [2.24, 2.45) is 0 Å². The number of hydrogen-bond acceptors (Lipinski definition) is 6. The van der Waals surface area contributed by atoms with Crippen LogP contribution in [0.5, 0.6) is 5.75 Å². The van der Waals surface area contributed by atoms with Crippen LogP contribution in [-0.4, -0.2) is 45.3 Å². The third kappa shape index (κ3) is 10.6. The number of allylic oxidation sites excluding steroid dienone is 4. The number of likely N-dealkylation sites (N-methyl/N-ethyl adjacent to an activating group) is 1. The van der Waals surface area contributed by atoms with Crippen LogP contribution in [0.25, 0.3) is 0 Å². The number of hydroxylamine groups is 1. The third-order valence-electron chi connectivity index (χ3n) is 7.04. The molecular weight excluding hydrogens is 590 g/mol. The first-order chi connectivity index (χ1) is 21.6. The average molecular weight is 630 g/mol. The summed E-state index contributed by atoms with van der Waals surface area (Å²) in [6, 6.07) is 22.6. The summed E-state index contributed by atoms with van der Waals surface area (Å²) < 4.78 is 34.8. The lowest BCUT2D eigenvalue weighted by Crippen LogP contribution is -2.46. The van der Waals surface area contributed by atoms with Gasteiger partial charge in [0.25, 0.3) is 0 Å². The quantitative estimate of drug-likeness (QED) is 0.239. The highest BCUT2D eigenvalue weighted by atomic mass is 32.2. The van der Waals surface area contributed by atoms with Crippen molar-refractivity contribution in [3.8, 4) is 5.75 Å². The molecule has 0 saturated heterocycles. The van der Waals surface area contributed by atoms with Crippen LogP contribution < -0.4 is 14.9 Å². The van der Waals surface area contributed by atoms with E-state index < -0.39 is 16.1 Å². The SMILES string of the molecule is Cc1ccc(S(=O)(=O)NC(CC2=CCC=C(Oc3ccc(CCC(=O)NOCc4ccccc4)cc3)C=C2)C(=O)N(C)C)cc1. The molecule has 0 aromatic heterocycles. The van der Waals surface area contributed by atoms with Gasteiger partial charge in [0, 0.05) is 20.5 Å². The number of ether oxygens (including phenoxy) is 1. The van der Waals surface area contributed by atoms with E-state index in [4.69, 9.17) is 9.57 Å². The number of amides is 2. The normalized spacial score (nSPS) is 13.7. The Balaban J connectivity index is 1.28. The Morgan fingerprint density at radius 3 is 2.29 bits per heavy atom. The van der Waals surface area contributed by atoms with E-state index in [0.717, 1.165) is 22.3 Å². The Hall–Kier alpha value is -4.51. The first-order valence-corrected chi connectivity index (χ1v) is 16.2. The summed E-state index contributed by atoms with van der Waals surface area (Å²) in [6.07, 6.45) is 9.06. The number of aryl methyl sites for hydroxylation is 2. The van der Waals surface area contributed by atoms with Crippen molar-refractivity contribution in [3.63, 3.8) is 0 Å². The van der Waals surface area contributed by atoms with E-state index >= 15 is 0 Å². The molecule has 2 N–H and O–H groups in total. The van der Waals surface area contributed by atoms with Crippen molar-refractivity contribution in [2.75, 3.05) is 14.1 Å². The van der Waals surface area contributed by atoms with E-state index in [9.17, 15) is 18.0 Å². The highest BCUT2D eigenvalue weighted by molar-refractivity contribution is 7.89. The molecule has 0 saturated carbocycles. The fourth-order valence-electron chi connectivity index (χ4n) is 4.52. The van der Waals surface area contributed by atoms with Crippen LogP contribution in [0.1, 0.15) is 36.0 Å². The van der Waals surface area contributed by atoms with Gasteiger partial charge in [0.2, 0.25) is 21.8 Å². The van der Waals surface area contributed by atoms with Gasteiger partial charge in [-0.1, -0.05) is 72.3 Å². The number of hydrogen-bond donors (Lipinski definition) is 2. The summed E-state index contributed by atoms with van der Waals surface area (Å²) in [5.74, 6) is 0.728. The summed E-state index contributed by atoms with van der Waals surface area (Å²) >= 11 is 0. The first-order valence-electron chi connectivity index (χ1n) is 14.7. The Bertz CT molecular complexity index is 1650. The first kappa shape index (κ1) is 33.4. The molecule has 1 unspecified atom stereocenters. The molecule has 45 heavy (non-hydrogen) atoms. The molecule has 4 rings (SSSR count). The second-order valence-corrected chi connectivity index (χ2v) is 12.6. The molecule has 1 aliphatic rings. The number of sulfonamides is 1. The highest BCUT2D eigenvalue weighted by Crippen LogP contribution is 2.22. The zero-order chi connectivity index (χ0) is 32.2. The molecule has 1 aliphatic carbocycles. The van der Waals surface area contributed by atoms with Crippen molar-refractivity contribution in [1.29, 1.82) is 0 Å². The van der Waals surface area contributed by atoms with Crippen LogP contribution in [0.4, 0.5) is 0 Å². The lowest BCUT2D eigenvalue weighted by atomic mass is 10.0. The van der Waals surface area contributed by atoms with Crippen LogP contribution >= 0.6 is 0 Å². The molecule has 0 fully saturated rings. The van der Waals surface area contributed by atoms with Gasteiger partial charge in [-0.15, -0.1) is 0 Å². The monoisotopic (exact) mass is 629 g/mol. The predicted octanol–water partition coefficient (Wildman–Crippen LogP) is 5.15. The van der Waals surface area contributed by atoms with Gasteiger partial charge in [-0.3, -0.25) is 14.4 Å². The molecule has 2 amide bonds. The summed E-state index contributed by atoms with van der Waals surface area (Å²) in [6.45, 7) is 2.18. The molecule has 1 atom stereocenters. The van der Waals surface area contributed by atoms with Crippen molar-refractivity contribution in [3.05, 3.63) is 131 Å². The van der Waals surface area contributed by atoms with E-state index in [1.807, 2.05) is 79.7 Å². The predicted molar refractivity (Wildman–Crippen MR) is 173 cm³/mol. The van der Waals surface area contributed by atoms with E-state index in [2.05, 4.69) is 10.2 Å². The van der Waals surface area contributed by atoms with E-state index in [0.29, 0.717) is 31.0 Å². The van der Waals surface area contributed by atoms with Crippen molar-refractivity contribution in [2.45, 2.75) is 50.2 Å². The van der Waals surface area contributed by atoms with E-state index in [1.165, 1.54) is 17.0 Å². The largest absolute Gasteiger partial charge is 0.458 e. The van der Waals surface area contributed by atoms with E-state index in [-0.39, 0.29) is 29.6 Å². The van der Waals surface area contributed by atoms with Gasteiger partial charge in [-0.2, -0.15) is 4.72 Å². The van der Waals surface area contributed by atoms with Gasteiger partial charge >= 0.3 is 0 Å². The minimum absolute atomic E-state index is 0.106. The molecule has 236 valence electrons. The molecule has 0 aliphatic heterocycles. The minimum atomic E-state index is -3.91. The molecule has 10 heteroatoms. The smallest absolute Gasteiger partial charge is 0.243 e. The van der Waals surface area contributed by atoms with Crippen molar-refractivity contribution >= 4 is 21.8 Å². The fraction of sp³-hybridized carbons (Fsp3) is 0.257. The molecule has 3 aromatic carbocycles. The zero-order valence-electron chi connectivity index (χ0n) is 25.7.